The highest BCUT2D eigenvalue weighted by Gasteiger charge is 2.24. The molecule has 0 aliphatic rings. The second kappa shape index (κ2) is 46.6. The molecule has 3 N–H and O–H groups in total. The first kappa shape index (κ1) is 56.6. The van der Waals surface area contributed by atoms with Crippen LogP contribution in [0, 0.1) is 0 Å². The van der Waals surface area contributed by atoms with Crippen LogP contribution >= 0.6 is 0 Å². The molecule has 0 aromatic rings. The van der Waals surface area contributed by atoms with E-state index in [0.717, 1.165) is 96.3 Å². The van der Waals surface area contributed by atoms with Gasteiger partial charge in [-0.2, -0.15) is 0 Å². The average Bonchev–Trinajstić information content (AvgIpc) is 3.23. The summed E-state index contributed by atoms with van der Waals surface area (Å²) in [7, 11) is 0. The highest BCUT2D eigenvalue weighted by atomic mass is 16.5. The Balaban J connectivity index is 4.65. The summed E-state index contributed by atoms with van der Waals surface area (Å²) in [5.74, 6) is -0.526. The van der Waals surface area contributed by atoms with Crippen molar-refractivity contribution in [2.24, 2.45) is 0 Å². The summed E-state index contributed by atoms with van der Waals surface area (Å²) in [6, 6.07) is -0.714. The molecule has 6 heteroatoms. The third-order valence-electron chi connectivity index (χ3n) is 11.2. The van der Waals surface area contributed by atoms with Crippen LogP contribution in [0.25, 0.3) is 0 Å². The van der Waals surface area contributed by atoms with Crippen molar-refractivity contribution >= 4 is 11.9 Å². The lowest BCUT2D eigenvalue weighted by Gasteiger charge is -2.24. The van der Waals surface area contributed by atoms with E-state index in [1.54, 1.807) is 0 Å². The van der Waals surface area contributed by atoms with Crippen LogP contribution in [0.2, 0.25) is 0 Å². The van der Waals surface area contributed by atoms with Gasteiger partial charge in [0.1, 0.15) is 6.10 Å². The smallest absolute Gasteiger partial charge is 0.306 e. The van der Waals surface area contributed by atoms with Gasteiger partial charge in [-0.3, -0.25) is 9.59 Å². The van der Waals surface area contributed by atoms with Crippen LogP contribution in [0.3, 0.4) is 0 Å². The number of nitrogens with one attached hydrogen (secondary N) is 1. The normalized spacial score (nSPS) is 13.8. The lowest BCUT2D eigenvalue weighted by molar-refractivity contribution is -0.151. The second-order valence-corrected chi connectivity index (χ2v) is 16.9. The van der Waals surface area contributed by atoms with Crippen molar-refractivity contribution < 1.29 is 24.5 Å². The molecular weight excluding hydrogens is 731 g/mol. The van der Waals surface area contributed by atoms with Gasteiger partial charge < -0.3 is 20.3 Å². The SMILES string of the molecule is CC/C=C/C=C/C=C/CCCCCCCC(CC(=O)NC(CO)C(O)CCCCCCCCCCCCC)OC(=O)CCCCC/C=C/C=C/CCCCCCCCC. The lowest BCUT2D eigenvalue weighted by atomic mass is 10.0. The van der Waals surface area contributed by atoms with Crippen LogP contribution < -0.4 is 5.32 Å². The fourth-order valence-electron chi connectivity index (χ4n) is 7.36. The summed E-state index contributed by atoms with van der Waals surface area (Å²) >= 11 is 0. The molecule has 0 heterocycles. The predicted molar refractivity (Wildman–Crippen MR) is 255 cm³/mol. The Morgan fingerprint density at radius 1 is 0.508 bits per heavy atom. The molecule has 0 bridgehead atoms. The Bertz CT molecular complexity index is 1060. The van der Waals surface area contributed by atoms with Crippen molar-refractivity contribution in [1.82, 2.24) is 5.32 Å². The zero-order valence-corrected chi connectivity index (χ0v) is 38.9. The van der Waals surface area contributed by atoms with Crippen LogP contribution in [0.5, 0.6) is 0 Å². The molecule has 0 radical (unpaired) electrons. The number of aliphatic hydroxyl groups is 2. The molecule has 0 fully saturated rings. The van der Waals surface area contributed by atoms with Gasteiger partial charge in [-0.25, -0.2) is 0 Å². The van der Waals surface area contributed by atoms with Gasteiger partial charge in [0.2, 0.25) is 5.91 Å². The largest absolute Gasteiger partial charge is 0.462 e. The number of aliphatic hydroxyl groups excluding tert-OH is 2. The highest BCUT2D eigenvalue weighted by Crippen LogP contribution is 2.17. The Labute approximate surface area is 365 Å². The number of ether oxygens (including phenoxy) is 1. The molecule has 0 aromatic carbocycles. The molecule has 0 spiro atoms. The summed E-state index contributed by atoms with van der Waals surface area (Å²) in [4.78, 5) is 26.1. The number of carbonyl (C=O) groups is 2. The maximum atomic E-state index is 13.2. The number of hydrogen-bond donors (Lipinski definition) is 3. The van der Waals surface area contributed by atoms with E-state index in [-0.39, 0.29) is 24.9 Å². The van der Waals surface area contributed by atoms with Crippen LogP contribution in [0.4, 0.5) is 0 Å². The van der Waals surface area contributed by atoms with E-state index in [1.807, 2.05) is 0 Å². The number of carbonyl (C=O) groups excluding carboxylic acids is 2. The molecule has 0 aliphatic carbocycles. The molecule has 0 saturated carbocycles. The number of unbranched alkanes of at least 4 members (excludes halogenated alkanes) is 25. The van der Waals surface area contributed by atoms with Gasteiger partial charge in [0.05, 0.1) is 25.2 Å². The number of rotatable bonds is 44. The Hall–Kier alpha value is -2.44. The maximum Gasteiger partial charge on any atom is 0.306 e. The minimum absolute atomic E-state index is 0.0520. The molecule has 0 saturated heterocycles. The van der Waals surface area contributed by atoms with E-state index in [1.165, 1.54) is 96.3 Å². The zero-order chi connectivity index (χ0) is 43.1. The van der Waals surface area contributed by atoms with Gasteiger partial charge in [-0.15, -0.1) is 0 Å². The summed E-state index contributed by atoms with van der Waals surface area (Å²) in [6.45, 7) is 6.32. The summed E-state index contributed by atoms with van der Waals surface area (Å²) in [5, 5.41) is 23.7. The first-order chi connectivity index (χ1) is 29.0. The van der Waals surface area contributed by atoms with Gasteiger partial charge >= 0.3 is 5.97 Å². The first-order valence-electron chi connectivity index (χ1n) is 25.1. The Kier molecular flexibility index (Phi) is 44.7. The summed E-state index contributed by atoms with van der Waals surface area (Å²) in [6.07, 6.45) is 57.1. The van der Waals surface area contributed by atoms with Gasteiger partial charge in [0.15, 0.2) is 0 Å². The number of allylic oxidation sites excluding steroid dienone is 10. The molecule has 0 aromatic heterocycles. The minimum atomic E-state index is -0.798. The fraction of sp³-hybridized carbons (Fsp3) is 0.774. The van der Waals surface area contributed by atoms with E-state index in [0.29, 0.717) is 19.3 Å². The predicted octanol–water partition coefficient (Wildman–Crippen LogP) is 14.8. The number of hydrogen-bond acceptors (Lipinski definition) is 5. The maximum absolute atomic E-state index is 13.2. The fourth-order valence-corrected chi connectivity index (χ4v) is 7.36. The van der Waals surface area contributed by atoms with Crippen molar-refractivity contribution in [3.05, 3.63) is 60.8 Å². The van der Waals surface area contributed by atoms with Crippen LogP contribution in [-0.2, 0) is 14.3 Å². The molecule has 3 atom stereocenters. The molecule has 6 nitrogen and oxygen atoms in total. The van der Waals surface area contributed by atoms with E-state index in [9.17, 15) is 19.8 Å². The van der Waals surface area contributed by atoms with Gasteiger partial charge in [0, 0.05) is 6.42 Å². The van der Waals surface area contributed by atoms with E-state index in [2.05, 4.69) is 86.8 Å². The minimum Gasteiger partial charge on any atom is -0.462 e. The summed E-state index contributed by atoms with van der Waals surface area (Å²) in [5.41, 5.74) is 0. The quantitative estimate of drug-likeness (QED) is 0.0323. The van der Waals surface area contributed by atoms with Crippen LogP contribution in [0.1, 0.15) is 239 Å². The zero-order valence-electron chi connectivity index (χ0n) is 38.9. The molecular formula is C53H95NO5. The van der Waals surface area contributed by atoms with E-state index >= 15 is 0 Å². The first-order valence-corrected chi connectivity index (χ1v) is 25.1. The Morgan fingerprint density at radius 2 is 0.915 bits per heavy atom. The van der Waals surface area contributed by atoms with E-state index < -0.39 is 18.2 Å². The average molecular weight is 826 g/mol. The third kappa shape index (κ3) is 42.1. The third-order valence-corrected chi connectivity index (χ3v) is 11.2. The number of amides is 1. The standard InChI is InChI=1S/C53H95NO5/c1-4-7-10-13-16-19-22-24-25-26-28-31-34-37-40-43-46-53(58)59-49(44-41-38-35-32-30-27-23-20-17-14-11-8-5-2)47-52(57)54-50(48-55)51(56)45-42-39-36-33-29-21-18-15-12-9-6-3/h8,11,14,17,20,23,25-26,28,31,49-51,55-56H,4-7,9-10,12-13,15-16,18-19,21-22,24,27,29-30,32-48H2,1-3H3,(H,54,57)/b11-8+,17-14+,23-20+,26-25+,31-28+. The monoisotopic (exact) mass is 826 g/mol. The topological polar surface area (TPSA) is 95.9 Å². The molecule has 3 unspecified atom stereocenters. The number of esters is 1. The van der Waals surface area contributed by atoms with Crippen molar-refractivity contribution in [3.8, 4) is 0 Å². The highest BCUT2D eigenvalue weighted by molar-refractivity contribution is 5.77. The molecule has 59 heavy (non-hydrogen) atoms. The molecule has 342 valence electrons. The van der Waals surface area contributed by atoms with Crippen molar-refractivity contribution in [2.75, 3.05) is 6.61 Å². The summed E-state index contributed by atoms with van der Waals surface area (Å²) < 4.78 is 5.90. The van der Waals surface area contributed by atoms with Gasteiger partial charge in [-0.05, 0) is 70.6 Å². The molecule has 0 aliphatic heterocycles. The Morgan fingerprint density at radius 3 is 1.39 bits per heavy atom. The van der Waals surface area contributed by atoms with Gasteiger partial charge in [-0.1, -0.05) is 216 Å². The lowest BCUT2D eigenvalue weighted by Crippen LogP contribution is -2.46. The molecule has 1 amide bonds. The molecule has 0 rings (SSSR count). The van der Waals surface area contributed by atoms with Crippen molar-refractivity contribution in [1.29, 1.82) is 0 Å². The van der Waals surface area contributed by atoms with Crippen LogP contribution in [-0.4, -0.2) is 46.9 Å². The van der Waals surface area contributed by atoms with Crippen molar-refractivity contribution in [3.63, 3.8) is 0 Å². The van der Waals surface area contributed by atoms with Gasteiger partial charge in [0.25, 0.3) is 0 Å². The van der Waals surface area contributed by atoms with Crippen LogP contribution in [0.15, 0.2) is 60.8 Å². The second-order valence-electron chi connectivity index (χ2n) is 16.9. The van der Waals surface area contributed by atoms with E-state index in [4.69, 9.17) is 4.74 Å². The van der Waals surface area contributed by atoms with Crippen molar-refractivity contribution in [2.45, 2.75) is 257 Å².